The van der Waals surface area contributed by atoms with Crippen LogP contribution in [0.15, 0.2) is 12.1 Å². The second-order valence-electron chi connectivity index (χ2n) is 8.09. The number of benzene rings is 1. The maximum Gasteiger partial charge on any atom is 0.125 e. The Morgan fingerprint density at radius 2 is 2.08 bits per heavy atom. The van der Waals surface area contributed by atoms with Crippen LogP contribution in [0.1, 0.15) is 76.0 Å². The van der Waals surface area contributed by atoms with Crippen LogP contribution < -0.4 is 4.74 Å². The first-order valence-electron chi connectivity index (χ1n) is 8.87. The van der Waals surface area contributed by atoms with Gasteiger partial charge in [0.05, 0.1) is 18.6 Å². The molecule has 3 heteroatoms. The highest BCUT2D eigenvalue weighted by Gasteiger charge is 2.43. The first kappa shape index (κ1) is 18.5. The number of carbonyl (C=O) groups is 1. The first-order chi connectivity index (χ1) is 11.3. The van der Waals surface area contributed by atoms with Crippen LogP contribution in [0, 0.1) is 16.7 Å². The molecule has 0 spiro atoms. The van der Waals surface area contributed by atoms with Crippen molar-refractivity contribution in [3.63, 3.8) is 0 Å². The van der Waals surface area contributed by atoms with Crippen molar-refractivity contribution in [1.29, 1.82) is 5.26 Å². The minimum absolute atomic E-state index is 0.257. The lowest BCUT2D eigenvalue weighted by Crippen LogP contribution is -2.37. The molecule has 2 rings (SSSR count). The lowest BCUT2D eigenvalue weighted by molar-refractivity contribution is -0.115. The number of aldehydes is 1. The van der Waals surface area contributed by atoms with Gasteiger partial charge in [0.25, 0.3) is 0 Å². The zero-order valence-corrected chi connectivity index (χ0v) is 15.6. The minimum atomic E-state index is -0.372. The number of nitriles is 1. The molecule has 24 heavy (non-hydrogen) atoms. The Morgan fingerprint density at radius 1 is 1.38 bits per heavy atom. The van der Waals surface area contributed by atoms with Crippen molar-refractivity contribution in [2.75, 3.05) is 7.11 Å². The molecular weight excluding hydrogens is 298 g/mol. The number of ether oxygens (including phenoxy) is 1. The standard InChI is InChI=1S/C21H29NO2/c1-15(2)17-10-16-12-21(13-22,18(16)11-19(17)24-5)9-7-6-8-20(3,4)14-23/h10-11,14-15H,6-9,12H2,1-5H3. The maximum absolute atomic E-state index is 11.0. The molecule has 0 bridgehead atoms. The van der Waals surface area contributed by atoms with Crippen LogP contribution >= 0.6 is 0 Å². The Kier molecular flexibility index (Phi) is 5.38. The normalized spacial score (nSPS) is 19.4. The second-order valence-corrected chi connectivity index (χ2v) is 8.09. The molecule has 0 heterocycles. The topological polar surface area (TPSA) is 50.1 Å². The summed E-state index contributed by atoms with van der Waals surface area (Å²) >= 11 is 0. The van der Waals surface area contributed by atoms with E-state index in [9.17, 15) is 10.1 Å². The molecule has 0 fully saturated rings. The first-order valence-corrected chi connectivity index (χ1v) is 8.87. The number of nitrogens with zero attached hydrogens (tertiary/aromatic N) is 1. The van der Waals surface area contributed by atoms with Gasteiger partial charge in [-0.15, -0.1) is 0 Å². The van der Waals surface area contributed by atoms with Crippen LogP contribution in [0.5, 0.6) is 5.75 Å². The molecule has 0 aliphatic heterocycles. The van der Waals surface area contributed by atoms with Crippen LogP contribution in [-0.4, -0.2) is 13.4 Å². The highest BCUT2D eigenvalue weighted by molar-refractivity contribution is 5.58. The summed E-state index contributed by atoms with van der Waals surface area (Å²) in [4.78, 5) is 11.0. The van der Waals surface area contributed by atoms with Crippen molar-refractivity contribution >= 4 is 6.29 Å². The molecule has 1 aromatic carbocycles. The zero-order chi connectivity index (χ0) is 18.0. The number of carbonyl (C=O) groups excluding carboxylic acids is 1. The van der Waals surface area contributed by atoms with E-state index < -0.39 is 0 Å². The van der Waals surface area contributed by atoms with E-state index in [1.54, 1.807) is 7.11 Å². The third-order valence-electron chi connectivity index (χ3n) is 5.29. The number of hydrogen-bond donors (Lipinski definition) is 0. The van der Waals surface area contributed by atoms with Gasteiger partial charge in [-0.05, 0) is 47.9 Å². The lowest BCUT2D eigenvalue weighted by atomic mass is 9.61. The van der Waals surface area contributed by atoms with Crippen molar-refractivity contribution in [3.8, 4) is 11.8 Å². The summed E-state index contributed by atoms with van der Waals surface area (Å²) in [6, 6.07) is 6.85. The smallest absolute Gasteiger partial charge is 0.125 e. The Labute approximate surface area is 146 Å². The van der Waals surface area contributed by atoms with Gasteiger partial charge in [-0.3, -0.25) is 0 Å². The number of hydrogen-bond acceptors (Lipinski definition) is 3. The predicted molar refractivity (Wildman–Crippen MR) is 96.4 cm³/mol. The fraction of sp³-hybridized carbons (Fsp3) is 0.619. The summed E-state index contributed by atoms with van der Waals surface area (Å²) in [6.45, 7) is 8.26. The molecule has 1 aliphatic rings. The van der Waals surface area contributed by atoms with E-state index in [4.69, 9.17) is 4.74 Å². The molecule has 0 saturated heterocycles. The van der Waals surface area contributed by atoms with Crippen molar-refractivity contribution < 1.29 is 9.53 Å². The van der Waals surface area contributed by atoms with Gasteiger partial charge in [-0.25, -0.2) is 0 Å². The summed E-state index contributed by atoms with van der Waals surface area (Å²) in [6.07, 6.45) is 5.55. The summed E-state index contributed by atoms with van der Waals surface area (Å²) in [5.41, 5.74) is 3.02. The van der Waals surface area contributed by atoms with E-state index in [1.807, 2.05) is 13.8 Å². The number of methoxy groups -OCH3 is 1. The molecule has 3 nitrogen and oxygen atoms in total. The van der Waals surface area contributed by atoms with Crippen LogP contribution in [0.3, 0.4) is 0 Å². The third-order valence-corrected chi connectivity index (χ3v) is 5.29. The van der Waals surface area contributed by atoms with E-state index in [2.05, 4.69) is 32.0 Å². The molecule has 1 aliphatic carbocycles. The molecule has 0 N–H and O–H groups in total. The van der Waals surface area contributed by atoms with Gasteiger partial charge in [-0.2, -0.15) is 5.26 Å². The summed E-state index contributed by atoms with van der Waals surface area (Å²) in [5.74, 6) is 1.30. The summed E-state index contributed by atoms with van der Waals surface area (Å²) in [5, 5.41) is 9.78. The van der Waals surface area contributed by atoms with Crippen molar-refractivity contribution in [1.82, 2.24) is 0 Å². The minimum Gasteiger partial charge on any atom is -0.496 e. The molecule has 1 unspecified atom stereocenters. The summed E-state index contributed by atoms with van der Waals surface area (Å²) in [7, 11) is 1.70. The maximum atomic E-state index is 11.0. The van der Waals surface area contributed by atoms with E-state index in [-0.39, 0.29) is 10.8 Å². The van der Waals surface area contributed by atoms with Crippen LogP contribution in [0.2, 0.25) is 0 Å². The van der Waals surface area contributed by atoms with Gasteiger partial charge >= 0.3 is 0 Å². The predicted octanol–water partition coefficient (Wildman–Crippen LogP) is 4.92. The van der Waals surface area contributed by atoms with Gasteiger partial charge < -0.3 is 9.53 Å². The average molecular weight is 327 g/mol. The SMILES string of the molecule is COc1cc2c(cc1C(C)C)CC2(C#N)CCCCC(C)(C)C=O. The van der Waals surface area contributed by atoms with Gasteiger partial charge in [-0.1, -0.05) is 46.6 Å². The second kappa shape index (κ2) is 6.97. The van der Waals surface area contributed by atoms with Gasteiger partial charge in [0.15, 0.2) is 0 Å². The van der Waals surface area contributed by atoms with Gasteiger partial charge in [0, 0.05) is 5.41 Å². The number of fused-ring (bicyclic) bond motifs is 1. The van der Waals surface area contributed by atoms with E-state index in [0.29, 0.717) is 5.92 Å². The van der Waals surface area contributed by atoms with Crippen LogP contribution in [0.4, 0.5) is 0 Å². The lowest BCUT2D eigenvalue weighted by Gasteiger charge is -2.40. The number of unbranched alkanes of at least 4 members (excludes halogenated alkanes) is 1. The molecule has 1 aromatic rings. The highest BCUT2D eigenvalue weighted by atomic mass is 16.5. The van der Waals surface area contributed by atoms with E-state index in [1.165, 1.54) is 11.1 Å². The Morgan fingerprint density at radius 3 is 2.62 bits per heavy atom. The number of rotatable bonds is 8. The fourth-order valence-corrected chi connectivity index (χ4v) is 3.62. The van der Waals surface area contributed by atoms with Gasteiger partial charge in [0.2, 0.25) is 0 Å². The van der Waals surface area contributed by atoms with Crippen molar-refractivity contribution in [2.24, 2.45) is 5.41 Å². The molecule has 1 atom stereocenters. The molecular formula is C21H29NO2. The molecule has 0 aromatic heterocycles. The Bertz CT molecular complexity index is 655. The zero-order valence-electron chi connectivity index (χ0n) is 15.6. The Balaban J connectivity index is 2.11. The molecule has 130 valence electrons. The molecule has 0 amide bonds. The molecule has 0 radical (unpaired) electrons. The Hall–Kier alpha value is -1.82. The highest BCUT2D eigenvalue weighted by Crippen LogP contribution is 2.48. The van der Waals surface area contributed by atoms with E-state index >= 15 is 0 Å². The third kappa shape index (κ3) is 3.48. The quantitative estimate of drug-likeness (QED) is 0.503. The average Bonchev–Trinajstić information content (AvgIpc) is 2.54. The molecule has 0 saturated carbocycles. The van der Waals surface area contributed by atoms with Crippen molar-refractivity contribution in [3.05, 3.63) is 28.8 Å². The fourth-order valence-electron chi connectivity index (χ4n) is 3.62. The van der Waals surface area contributed by atoms with E-state index in [0.717, 1.165) is 49.7 Å². The largest absolute Gasteiger partial charge is 0.496 e. The summed E-state index contributed by atoms with van der Waals surface area (Å²) < 4.78 is 5.55. The van der Waals surface area contributed by atoms with Crippen LogP contribution in [-0.2, 0) is 16.6 Å². The van der Waals surface area contributed by atoms with Gasteiger partial charge in [0.1, 0.15) is 12.0 Å². The monoisotopic (exact) mass is 327 g/mol. The van der Waals surface area contributed by atoms with Crippen molar-refractivity contribution in [2.45, 2.75) is 71.1 Å². The van der Waals surface area contributed by atoms with Crippen LogP contribution in [0.25, 0.3) is 0 Å².